The number of ether oxygens (including phenoxy) is 2. The van der Waals surface area contributed by atoms with Crippen molar-refractivity contribution in [3.63, 3.8) is 0 Å². The van der Waals surface area contributed by atoms with Crippen LogP contribution in [0.2, 0.25) is 0 Å². The lowest BCUT2D eigenvalue weighted by molar-refractivity contribution is 0.0108. The lowest BCUT2D eigenvalue weighted by Gasteiger charge is -2.34. The van der Waals surface area contributed by atoms with Crippen molar-refractivity contribution in [2.45, 2.75) is 44.4 Å². The Balaban J connectivity index is 1.55. The number of hydrogen-bond acceptors (Lipinski definition) is 5. The van der Waals surface area contributed by atoms with Crippen molar-refractivity contribution in [3.8, 4) is 0 Å². The highest BCUT2D eigenvalue weighted by molar-refractivity contribution is 5.94. The molecule has 1 amide bonds. The fourth-order valence-corrected chi connectivity index (χ4v) is 3.47. The molecular weight excluding hydrogens is 332 g/mol. The van der Waals surface area contributed by atoms with Crippen molar-refractivity contribution in [3.05, 3.63) is 35.4 Å². The van der Waals surface area contributed by atoms with Crippen molar-refractivity contribution in [1.29, 1.82) is 0 Å². The molecule has 144 valence electrons. The fraction of sp³-hybridized carbons (Fsp3) is 0.650. The lowest BCUT2D eigenvalue weighted by Crippen LogP contribution is -2.54. The van der Waals surface area contributed by atoms with Crippen LogP contribution in [0.5, 0.6) is 0 Å². The molecule has 0 unspecified atom stereocenters. The monoisotopic (exact) mass is 362 g/mol. The largest absolute Gasteiger partial charge is 0.390 e. The predicted molar refractivity (Wildman–Crippen MR) is 99.3 cm³/mol. The van der Waals surface area contributed by atoms with Crippen LogP contribution in [0, 0.1) is 0 Å². The van der Waals surface area contributed by atoms with Crippen molar-refractivity contribution in [2.24, 2.45) is 0 Å². The molecule has 1 aromatic carbocycles. The van der Waals surface area contributed by atoms with E-state index in [1.165, 1.54) is 0 Å². The highest BCUT2D eigenvalue weighted by Crippen LogP contribution is 2.17. The molecule has 0 saturated carbocycles. The fourth-order valence-electron chi connectivity index (χ4n) is 3.47. The van der Waals surface area contributed by atoms with E-state index in [-0.39, 0.29) is 18.0 Å². The van der Waals surface area contributed by atoms with Gasteiger partial charge in [0.2, 0.25) is 0 Å². The number of morpholine rings is 1. The van der Waals surface area contributed by atoms with Crippen LogP contribution in [0.15, 0.2) is 24.3 Å². The minimum Gasteiger partial charge on any atom is -0.390 e. The number of benzene rings is 1. The van der Waals surface area contributed by atoms with Crippen LogP contribution in [0.3, 0.4) is 0 Å². The van der Waals surface area contributed by atoms with Gasteiger partial charge in [-0.2, -0.15) is 0 Å². The average Bonchev–Trinajstić information content (AvgIpc) is 3.08. The molecule has 26 heavy (non-hydrogen) atoms. The van der Waals surface area contributed by atoms with Crippen LogP contribution in [0.4, 0.5) is 0 Å². The number of rotatable bonds is 6. The molecular formula is C20H30N2O4. The Morgan fingerprint density at radius 2 is 1.88 bits per heavy atom. The van der Waals surface area contributed by atoms with Crippen molar-refractivity contribution >= 4 is 5.91 Å². The minimum atomic E-state index is -0.674. The Labute approximate surface area is 155 Å². The Hall–Kier alpha value is -1.47. The lowest BCUT2D eigenvalue weighted by atomic mass is 9.98. The van der Waals surface area contributed by atoms with E-state index < -0.39 is 5.60 Å². The number of carbonyl (C=O) groups excluding carboxylic acids is 1. The number of hydrogen-bond donors (Lipinski definition) is 2. The van der Waals surface area contributed by atoms with Gasteiger partial charge in [-0.05, 0) is 44.4 Å². The molecule has 6 heteroatoms. The SMILES string of the molecule is CC(C)(O)CCc1ccc(C(=O)N[C@@H]2COC[C@H]2N2CCOCC2)cc1. The molecule has 2 aliphatic rings. The highest BCUT2D eigenvalue weighted by Gasteiger charge is 2.34. The van der Waals surface area contributed by atoms with Gasteiger partial charge in [-0.15, -0.1) is 0 Å². The average molecular weight is 362 g/mol. The molecule has 2 fully saturated rings. The summed E-state index contributed by atoms with van der Waals surface area (Å²) in [5, 5.41) is 13.0. The zero-order valence-electron chi connectivity index (χ0n) is 15.7. The minimum absolute atomic E-state index is 0.00969. The number of carbonyl (C=O) groups is 1. The maximum absolute atomic E-state index is 12.6. The predicted octanol–water partition coefficient (Wildman–Crippen LogP) is 1.22. The van der Waals surface area contributed by atoms with Crippen molar-refractivity contribution < 1.29 is 19.4 Å². The van der Waals surface area contributed by atoms with E-state index >= 15 is 0 Å². The molecule has 2 aliphatic heterocycles. The maximum atomic E-state index is 12.6. The van der Waals surface area contributed by atoms with Gasteiger partial charge >= 0.3 is 0 Å². The first-order valence-electron chi connectivity index (χ1n) is 9.44. The summed E-state index contributed by atoms with van der Waals surface area (Å²) in [5.41, 5.74) is 1.11. The van der Waals surface area contributed by atoms with Crippen LogP contribution in [0.25, 0.3) is 0 Å². The molecule has 0 bridgehead atoms. The van der Waals surface area contributed by atoms with Gasteiger partial charge in [0.15, 0.2) is 0 Å². The maximum Gasteiger partial charge on any atom is 0.251 e. The molecule has 0 spiro atoms. The van der Waals surface area contributed by atoms with Gasteiger partial charge in [0.05, 0.1) is 44.1 Å². The second-order valence-corrected chi connectivity index (χ2v) is 7.84. The van der Waals surface area contributed by atoms with E-state index in [9.17, 15) is 9.90 Å². The molecule has 6 nitrogen and oxygen atoms in total. The van der Waals surface area contributed by atoms with E-state index in [1.807, 2.05) is 38.1 Å². The van der Waals surface area contributed by atoms with Gasteiger partial charge in [0.25, 0.3) is 5.91 Å². The quantitative estimate of drug-likeness (QED) is 0.796. The topological polar surface area (TPSA) is 71.0 Å². The summed E-state index contributed by atoms with van der Waals surface area (Å²) in [6, 6.07) is 7.86. The van der Waals surface area contributed by atoms with Gasteiger partial charge in [-0.25, -0.2) is 0 Å². The Kier molecular flexibility index (Phi) is 6.29. The Morgan fingerprint density at radius 1 is 1.19 bits per heavy atom. The Morgan fingerprint density at radius 3 is 2.54 bits per heavy atom. The standard InChI is InChI=1S/C20H30N2O4/c1-20(2,24)8-7-15-3-5-16(6-4-15)19(23)21-17-13-26-14-18(17)22-9-11-25-12-10-22/h3-6,17-18,24H,7-14H2,1-2H3,(H,21,23)/t17-,18-/m1/s1. The second kappa shape index (κ2) is 8.48. The van der Waals surface area contributed by atoms with E-state index in [0.29, 0.717) is 25.2 Å². The van der Waals surface area contributed by atoms with Gasteiger partial charge in [-0.1, -0.05) is 12.1 Å². The molecule has 2 atom stereocenters. The van der Waals surface area contributed by atoms with Gasteiger partial charge in [0.1, 0.15) is 0 Å². The number of aryl methyl sites for hydroxylation is 1. The number of nitrogens with one attached hydrogen (secondary N) is 1. The van der Waals surface area contributed by atoms with E-state index in [2.05, 4.69) is 10.2 Å². The highest BCUT2D eigenvalue weighted by atomic mass is 16.5. The second-order valence-electron chi connectivity index (χ2n) is 7.84. The van der Waals surface area contributed by atoms with Gasteiger partial charge in [0, 0.05) is 18.7 Å². The summed E-state index contributed by atoms with van der Waals surface area (Å²) in [5.74, 6) is -0.0622. The molecule has 2 saturated heterocycles. The Bertz CT molecular complexity index is 591. The summed E-state index contributed by atoms with van der Waals surface area (Å²) in [7, 11) is 0. The zero-order chi connectivity index (χ0) is 18.6. The van der Waals surface area contributed by atoms with E-state index in [4.69, 9.17) is 9.47 Å². The molecule has 1 aromatic rings. The number of aliphatic hydroxyl groups is 1. The zero-order valence-corrected chi connectivity index (χ0v) is 15.7. The first-order chi connectivity index (χ1) is 12.4. The molecule has 3 rings (SSSR count). The number of amides is 1. The first kappa shape index (κ1) is 19.3. The van der Waals surface area contributed by atoms with E-state index in [1.54, 1.807) is 0 Å². The molecule has 2 heterocycles. The summed E-state index contributed by atoms with van der Waals surface area (Å²) in [4.78, 5) is 15.0. The smallest absolute Gasteiger partial charge is 0.251 e. The molecule has 0 aromatic heterocycles. The van der Waals surface area contributed by atoms with Crippen LogP contribution in [-0.2, 0) is 15.9 Å². The molecule has 0 aliphatic carbocycles. The third-order valence-electron chi connectivity index (χ3n) is 5.12. The van der Waals surface area contributed by atoms with Crippen LogP contribution in [-0.4, -0.2) is 73.1 Å². The normalized spacial score (nSPS) is 24.6. The molecule has 0 radical (unpaired) electrons. The van der Waals surface area contributed by atoms with E-state index in [0.717, 1.165) is 38.3 Å². The van der Waals surface area contributed by atoms with Crippen LogP contribution in [0.1, 0.15) is 36.2 Å². The summed E-state index contributed by atoms with van der Waals surface area (Å²) < 4.78 is 11.0. The third-order valence-corrected chi connectivity index (χ3v) is 5.12. The van der Waals surface area contributed by atoms with Crippen LogP contribution < -0.4 is 5.32 Å². The summed E-state index contributed by atoms with van der Waals surface area (Å²) >= 11 is 0. The molecule has 2 N–H and O–H groups in total. The number of nitrogens with zero attached hydrogens (tertiary/aromatic N) is 1. The van der Waals surface area contributed by atoms with Crippen LogP contribution >= 0.6 is 0 Å². The summed E-state index contributed by atoms with van der Waals surface area (Å²) in [6.45, 7) is 8.07. The van der Waals surface area contributed by atoms with Crippen molar-refractivity contribution in [2.75, 3.05) is 39.5 Å². The van der Waals surface area contributed by atoms with Gasteiger partial charge in [-0.3, -0.25) is 9.69 Å². The third kappa shape index (κ3) is 5.27. The van der Waals surface area contributed by atoms with Crippen molar-refractivity contribution in [1.82, 2.24) is 10.2 Å². The summed E-state index contributed by atoms with van der Waals surface area (Å²) in [6.07, 6.45) is 1.49. The first-order valence-corrected chi connectivity index (χ1v) is 9.44. The van der Waals surface area contributed by atoms with Gasteiger partial charge < -0.3 is 19.9 Å².